The van der Waals surface area contributed by atoms with Gasteiger partial charge in [0.1, 0.15) is 0 Å². The van der Waals surface area contributed by atoms with E-state index in [1.807, 2.05) is 12.1 Å². The Morgan fingerprint density at radius 1 is 1.10 bits per heavy atom. The van der Waals surface area contributed by atoms with Gasteiger partial charge in [-0.1, -0.05) is 46.6 Å². The fourth-order valence-electron chi connectivity index (χ4n) is 1.79. The van der Waals surface area contributed by atoms with Crippen LogP contribution in [0.5, 0.6) is 0 Å². The van der Waals surface area contributed by atoms with Crippen molar-refractivity contribution in [1.29, 1.82) is 0 Å². The smallest absolute Gasteiger partial charge is 0.0876 e. The summed E-state index contributed by atoms with van der Waals surface area (Å²) in [6.45, 7) is 2.07. The summed E-state index contributed by atoms with van der Waals surface area (Å²) in [5, 5.41) is 13.2. The van der Waals surface area contributed by atoms with Crippen LogP contribution in [0, 0.1) is 6.92 Å². The van der Waals surface area contributed by atoms with E-state index in [1.54, 1.807) is 23.9 Å². The molecule has 0 radical (unpaired) electrons. The molecule has 0 aliphatic carbocycles. The van der Waals surface area contributed by atoms with Gasteiger partial charge in [0.2, 0.25) is 0 Å². The van der Waals surface area contributed by atoms with Gasteiger partial charge in [-0.3, -0.25) is 0 Å². The van der Waals surface area contributed by atoms with Crippen LogP contribution in [0.15, 0.2) is 58.6 Å². The summed E-state index contributed by atoms with van der Waals surface area (Å²) in [7, 11) is 0. The summed E-state index contributed by atoms with van der Waals surface area (Å²) in [5.74, 6) is 0.866. The monoisotopic (exact) mass is 305 g/mol. The van der Waals surface area contributed by atoms with Crippen LogP contribution in [0.2, 0.25) is 5.02 Å². The van der Waals surface area contributed by atoms with Gasteiger partial charge in [0, 0.05) is 22.1 Å². The molecular weight excluding hydrogens is 290 g/mol. The SMILES string of the molecule is Cc1ccc(SCC/C(=N/O)c2ccc(Cl)cc2)cc1. The van der Waals surface area contributed by atoms with Gasteiger partial charge in [0.25, 0.3) is 0 Å². The van der Waals surface area contributed by atoms with E-state index in [-0.39, 0.29) is 0 Å². The van der Waals surface area contributed by atoms with Crippen molar-refractivity contribution in [3.05, 3.63) is 64.7 Å². The van der Waals surface area contributed by atoms with E-state index in [9.17, 15) is 0 Å². The summed E-state index contributed by atoms with van der Waals surface area (Å²) in [6.07, 6.45) is 0.705. The molecule has 0 atom stereocenters. The normalized spacial score (nSPS) is 11.6. The molecule has 0 aromatic heterocycles. The third-order valence-electron chi connectivity index (χ3n) is 2.93. The van der Waals surface area contributed by atoms with Crippen LogP contribution in [0.3, 0.4) is 0 Å². The van der Waals surface area contributed by atoms with Gasteiger partial charge in [0.05, 0.1) is 5.71 Å². The Kier molecular flexibility index (Phi) is 5.50. The molecule has 0 spiro atoms. The fraction of sp³-hybridized carbons (Fsp3) is 0.188. The average molecular weight is 306 g/mol. The lowest BCUT2D eigenvalue weighted by Gasteiger charge is -2.05. The third-order valence-corrected chi connectivity index (χ3v) is 4.19. The second kappa shape index (κ2) is 7.36. The molecule has 0 bridgehead atoms. The van der Waals surface area contributed by atoms with Gasteiger partial charge in [0.15, 0.2) is 0 Å². The minimum Gasteiger partial charge on any atom is -0.411 e. The predicted octanol–water partition coefficient (Wildman–Crippen LogP) is 5.01. The molecule has 1 N–H and O–H groups in total. The summed E-state index contributed by atoms with van der Waals surface area (Å²) in [6, 6.07) is 15.8. The van der Waals surface area contributed by atoms with Crippen LogP contribution >= 0.6 is 23.4 Å². The Bertz CT molecular complexity index is 578. The second-order valence-corrected chi connectivity index (χ2v) is 6.07. The molecule has 4 heteroatoms. The number of halogens is 1. The van der Waals surface area contributed by atoms with Crippen molar-refractivity contribution >= 4 is 29.1 Å². The van der Waals surface area contributed by atoms with Crippen LogP contribution in [-0.2, 0) is 0 Å². The summed E-state index contributed by atoms with van der Waals surface area (Å²) < 4.78 is 0. The van der Waals surface area contributed by atoms with E-state index in [4.69, 9.17) is 16.8 Å². The first-order chi connectivity index (χ1) is 9.69. The lowest BCUT2D eigenvalue weighted by Crippen LogP contribution is -2.02. The molecule has 2 rings (SSSR count). The predicted molar refractivity (Wildman–Crippen MR) is 86.3 cm³/mol. The van der Waals surface area contributed by atoms with E-state index in [0.717, 1.165) is 11.3 Å². The zero-order chi connectivity index (χ0) is 14.4. The van der Waals surface area contributed by atoms with Crippen LogP contribution < -0.4 is 0 Å². The van der Waals surface area contributed by atoms with Gasteiger partial charge in [-0.2, -0.15) is 0 Å². The van der Waals surface area contributed by atoms with Gasteiger partial charge in [-0.25, -0.2) is 0 Å². The van der Waals surface area contributed by atoms with Crippen molar-refractivity contribution in [3.8, 4) is 0 Å². The highest BCUT2D eigenvalue weighted by Crippen LogP contribution is 2.20. The molecule has 0 unspecified atom stereocenters. The molecule has 0 heterocycles. The molecule has 0 fully saturated rings. The third kappa shape index (κ3) is 4.29. The number of nitrogens with zero attached hydrogens (tertiary/aromatic N) is 1. The number of hydrogen-bond acceptors (Lipinski definition) is 3. The largest absolute Gasteiger partial charge is 0.411 e. The number of aryl methyl sites for hydroxylation is 1. The number of rotatable bonds is 5. The fourth-order valence-corrected chi connectivity index (χ4v) is 2.78. The Morgan fingerprint density at radius 2 is 1.75 bits per heavy atom. The van der Waals surface area contributed by atoms with Crippen molar-refractivity contribution in [2.24, 2.45) is 5.16 Å². The molecule has 0 amide bonds. The van der Waals surface area contributed by atoms with Gasteiger partial charge < -0.3 is 5.21 Å². The zero-order valence-corrected chi connectivity index (χ0v) is 12.8. The molecule has 0 saturated heterocycles. The Morgan fingerprint density at radius 3 is 2.35 bits per heavy atom. The van der Waals surface area contributed by atoms with Gasteiger partial charge in [-0.15, -0.1) is 11.8 Å². The van der Waals surface area contributed by atoms with Crippen molar-refractivity contribution < 1.29 is 5.21 Å². The highest BCUT2D eigenvalue weighted by atomic mass is 35.5. The first-order valence-electron chi connectivity index (χ1n) is 6.35. The van der Waals surface area contributed by atoms with Crippen LogP contribution in [0.25, 0.3) is 0 Å². The zero-order valence-electron chi connectivity index (χ0n) is 11.2. The summed E-state index contributed by atoms with van der Waals surface area (Å²) in [4.78, 5) is 1.23. The quantitative estimate of drug-likeness (QED) is 0.364. The maximum atomic E-state index is 9.13. The topological polar surface area (TPSA) is 32.6 Å². The minimum absolute atomic E-state index is 0.681. The van der Waals surface area contributed by atoms with E-state index in [1.165, 1.54) is 10.5 Å². The molecule has 2 aromatic carbocycles. The number of benzene rings is 2. The maximum Gasteiger partial charge on any atom is 0.0876 e. The van der Waals surface area contributed by atoms with Crippen LogP contribution in [0.1, 0.15) is 17.5 Å². The molecule has 20 heavy (non-hydrogen) atoms. The van der Waals surface area contributed by atoms with Crippen molar-refractivity contribution in [2.45, 2.75) is 18.2 Å². The lowest BCUT2D eigenvalue weighted by molar-refractivity contribution is 0.318. The Hall–Kier alpha value is -1.45. The van der Waals surface area contributed by atoms with Crippen molar-refractivity contribution in [1.82, 2.24) is 0 Å². The molecule has 0 aliphatic heterocycles. The van der Waals surface area contributed by atoms with Crippen LogP contribution in [0.4, 0.5) is 0 Å². The number of hydrogen-bond donors (Lipinski definition) is 1. The minimum atomic E-state index is 0.681. The highest BCUT2D eigenvalue weighted by molar-refractivity contribution is 7.99. The average Bonchev–Trinajstić information content (AvgIpc) is 2.47. The summed E-state index contributed by atoms with van der Waals surface area (Å²) in [5.41, 5.74) is 2.84. The lowest BCUT2D eigenvalue weighted by atomic mass is 10.1. The number of thioether (sulfide) groups is 1. The first kappa shape index (κ1) is 14.9. The van der Waals surface area contributed by atoms with Gasteiger partial charge >= 0.3 is 0 Å². The van der Waals surface area contributed by atoms with Gasteiger partial charge in [-0.05, 0) is 36.8 Å². The van der Waals surface area contributed by atoms with Crippen molar-refractivity contribution in [3.63, 3.8) is 0 Å². The van der Waals surface area contributed by atoms with E-state index < -0.39 is 0 Å². The van der Waals surface area contributed by atoms with E-state index in [0.29, 0.717) is 17.2 Å². The molecular formula is C16H16ClNOS. The molecule has 0 aliphatic rings. The Labute approximate surface area is 128 Å². The first-order valence-corrected chi connectivity index (χ1v) is 7.72. The molecule has 104 valence electrons. The highest BCUT2D eigenvalue weighted by Gasteiger charge is 2.05. The second-order valence-electron chi connectivity index (χ2n) is 4.47. The molecule has 2 nitrogen and oxygen atoms in total. The standard InChI is InChI=1S/C16H16ClNOS/c1-12-2-8-15(9-3-12)20-11-10-16(18-19)13-4-6-14(17)7-5-13/h2-9,19H,10-11H2,1H3/b18-16-. The van der Waals surface area contributed by atoms with Crippen LogP contribution in [-0.4, -0.2) is 16.7 Å². The van der Waals surface area contributed by atoms with Crippen molar-refractivity contribution in [2.75, 3.05) is 5.75 Å². The van der Waals surface area contributed by atoms with E-state index in [2.05, 4.69) is 36.3 Å². The Balaban J connectivity index is 1.91. The van der Waals surface area contributed by atoms with E-state index >= 15 is 0 Å². The molecule has 0 saturated carbocycles. The molecule has 2 aromatic rings. The maximum absolute atomic E-state index is 9.13. The summed E-state index contributed by atoms with van der Waals surface area (Å²) >= 11 is 7.60. The number of oxime groups is 1.